The minimum absolute atomic E-state index is 0.0292. The predicted molar refractivity (Wildman–Crippen MR) is 98.0 cm³/mol. The summed E-state index contributed by atoms with van der Waals surface area (Å²) in [6, 6.07) is 9.67. The van der Waals surface area contributed by atoms with Crippen LogP contribution in [0.1, 0.15) is 64.9 Å². The second kappa shape index (κ2) is 11.9. The average Bonchev–Trinajstić information content (AvgIpc) is 2.59. The Kier molecular flexibility index (Phi) is 10.2. The fraction of sp³-hybridized carbons (Fsp3) is 0.650. The number of carbonyl (C=O) groups excluding carboxylic acids is 1. The second-order valence-electron chi connectivity index (χ2n) is 6.49. The van der Waals surface area contributed by atoms with Gasteiger partial charge in [0, 0.05) is 13.2 Å². The van der Waals surface area contributed by atoms with Crippen molar-refractivity contribution in [2.45, 2.75) is 71.5 Å². The van der Waals surface area contributed by atoms with E-state index in [1.165, 1.54) is 12.8 Å². The zero-order valence-electron chi connectivity index (χ0n) is 15.5. The van der Waals surface area contributed by atoms with E-state index in [0.29, 0.717) is 19.8 Å². The van der Waals surface area contributed by atoms with Crippen molar-refractivity contribution in [2.24, 2.45) is 0 Å². The van der Waals surface area contributed by atoms with Gasteiger partial charge in [-0.25, -0.2) is 4.79 Å². The summed E-state index contributed by atoms with van der Waals surface area (Å²) in [6.07, 6.45) is 6.12. The van der Waals surface area contributed by atoms with Gasteiger partial charge in [-0.15, -0.1) is 0 Å². The molecule has 1 unspecified atom stereocenters. The van der Waals surface area contributed by atoms with Crippen LogP contribution in [-0.4, -0.2) is 24.8 Å². The number of unbranched alkanes of at least 4 members (excludes halogenated alkanes) is 1. The summed E-state index contributed by atoms with van der Waals surface area (Å²) in [4.78, 5) is 11.6. The molecular formula is C20H33NO3. The Labute approximate surface area is 146 Å². The molecular weight excluding hydrogens is 302 g/mol. The maximum Gasteiger partial charge on any atom is 0.407 e. The topological polar surface area (TPSA) is 47.6 Å². The zero-order chi connectivity index (χ0) is 17.7. The first kappa shape index (κ1) is 20.5. The van der Waals surface area contributed by atoms with Gasteiger partial charge in [-0.1, -0.05) is 63.4 Å². The van der Waals surface area contributed by atoms with Crippen LogP contribution in [-0.2, 0) is 16.1 Å². The van der Waals surface area contributed by atoms with E-state index < -0.39 is 0 Å². The molecule has 1 N–H and O–H groups in total. The Morgan fingerprint density at radius 2 is 1.83 bits per heavy atom. The average molecular weight is 335 g/mol. The molecule has 0 aliphatic rings. The molecule has 0 bridgehead atoms. The molecule has 1 rings (SSSR count). The highest BCUT2D eigenvalue weighted by molar-refractivity contribution is 5.67. The summed E-state index contributed by atoms with van der Waals surface area (Å²) in [5.41, 5.74) is 0.959. The van der Waals surface area contributed by atoms with Crippen molar-refractivity contribution >= 4 is 6.09 Å². The van der Waals surface area contributed by atoms with Crippen LogP contribution in [0.4, 0.5) is 4.79 Å². The third-order valence-electron chi connectivity index (χ3n) is 4.09. The van der Waals surface area contributed by atoms with Gasteiger partial charge in [-0.2, -0.15) is 0 Å². The number of amides is 1. The van der Waals surface area contributed by atoms with E-state index in [0.717, 1.165) is 31.2 Å². The molecule has 1 atom stereocenters. The predicted octanol–water partition coefficient (Wildman–Crippen LogP) is 5.07. The fourth-order valence-electron chi connectivity index (χ4n) is 2.70. The summed E-state index contributed by atoms with van der Waals surface area (Å²) in [5, 5.41) is 2.77. The van der Waals surface area contributed by atoms with Crippen LogP contribution < -0.4 is 5.32 Å². The number of rotatable bonds is 12. The lowest BCUT2D eigenvalue weighted by Crippen LogP contribution is -2.31. The maximum absolute atomic E-state index is 11.6. The highest BCUT2D eigenvalue weighted by Crippen LogP contribution is 2.24. The maximum atomic E-state index is 11.6. The Balaban J connectivity index is 2.14. The van der Waals surface area contributed by atoms with Crippen LogP contribution in [0.25, 0.3) is 0 Å². The van der Waals surface area contributed by atoms with Crippen molar-refractivity contribution in [2.75, 3.05) is 13.2 Å². The third-order valence-corrected chi connectivity index (χ3v) is 4.09. The summed E-state index contributed by atoms with van der Waals surface area (Å²) in [6.45, 7) is 8.14. The van der Waals surface area contributed by atoms with E-state index in [9.17, 15) is 4.79 Å². The van der Waals surface area contributed by atoms with Gasteiger partial charge in [0.05, 0.1) is 5.60 Å². The molecule has 0 fully saturated rings. The van der Waals surface area contributed by atoms with E-state index in [4.69, 9.17) is 9.47 Å². The Morgan fingerprint density at radius 1 is 1.08 bits per heavy atom. The minimum Gasteiger partial charge on any atom is -0.445 e. The number of benzene rings is 1. The molecule has 0 aliphatic carbocycles. The molecule has 4 nitrogen and oxygen atoms in total. The quantitative estimate of drug-likeness (QED) is 0.543. The van der Waals surface area contributed by atoms with Crippen LogP contribution >= 0.6 is 0 Å². The van der Waals surface area contributed by atoms with Crippen LogP contribution in [0.2, 0.25) is 0 Å². The Bertz CT molecular complexity index is 449. The smallest absolute Gasteiger partial charge is 0.407 e. The molecule has 0 aliphatic heterocycles. The molecule has 0 spiro atoms. The van der Waals surface area contributed by atoms with E-state index in [-0.39, 0.29) is 11.7 Å². The first-order valence-corrected chi connectivity index (χ1v) is 9.18. The Hall–Kier alpha value is -1.55. The lowest BCUT2D eigenvalue weighted by Gasteiger charge is -2.30. The van der Waals surface area contributed by atoms with Gasteiger partial charge >= 0.3 is 6.09 Å². The monoisotopic (exact) mass is 335 g/mol. The van der Waals surface area contributed by atoms with E-state index >= 15 is 0 Å². The molecule has 4 heteroatoms. The summed E-state index contributed by atoms with van der Waals surface area (Å²) >= 11 is 0. The number of alkyl carbamates (subject to hydrolysis) is 1. The molecule has 136 valence electrons. The molecule has 1 aromatic rings. The number of hydrogen-bond acceptors (Lipinski definition) is 3. The van der Waals surface area contributed by atoms with Crippen LogP contribution in [0.3, 0.4) is 0 Å². The van der Waals surface area contributed by atoms with Crippen molar-refractivity contribution in [1.29, 1.82) is 0 Å². The lowest BCUT2D eigenvalue weighted by molar-refractivity contribution is -0.0460. The van der Waals surface area contributed by atoms with E-state index in [1.807, 2.05) is 30.3 Å². The minimum atomic E-state index is -0.374. The normalized spacial score (nSPS) is 13.3. The van der Waals surface area contributed by atoms with Gasteiger partial charge in [0.25, 0.3) is 0 Å². The first-order valence-electron chi connectivity index (χ1n) is 9.18. The molecule has 0 saturated heterocycles. The van der Waals surface area contributed by atoms with Crippen LogP contribution in [0.5, 0.6) is 0 Å². The van der Waals surface area contributed by atoms with Gasteiger partial charge in [0.15, 0.2) is 0 Å². The lowest BCUT2D eigenvalue weighted by atomic mass is 9.93. The largest absolute Gasteiger partial charge is 0.445 e. The number of nitrogens with one attached hydrogen (secondary N) is 1. The van der Waals surface area contributed by atoms with Gasteiger partial charge in [0.1, 0.15) is 6.61 Å². The summed E-state index contributed by atoms with van der Waals surface area (Å²) in [7, 11) is 0. The molecule has 1 amide bonds. The molecule has 24 heavy (non-hydrogen) atoms. The second-order valence-corrected chi connectivity index (χ2v) is 6.49. The SMILES string of the molecule is CCCCC(C)(CCC)OCCCNC(=O)OCc1ccccc1. The van der Waals surface area contributed by atoms with Crippen molar-refractivity contribution in [1.82, 2.24) is 5.32 Å². The summed E-state index contributed by atoms with van der Waals surface area (Å²) < 4.78 is 11.3. The van der Waals surface area contributed by atoms with E-state index in [2.05, 4.69) is 26.1 Å². The number of carbonyl (C=O) groups is 1. The van der Waals surface area contributed by atoms with Crippen LogP contribution in [0, 0.1) is 0 Å². The standard InChI is InChI=1S/C20H33NO3/c1-4-6-14-20(3,13-5-2)24-16-10-15-21-19(22)23-17-18-11-8-7-9-12-18/h7-9,11-12H,4-6,10,13-17H2,1-3H3,(H,21,22). The Morgan fingerprint density at radius 3 is 2.50 bits per heavy atom. The van der Waals surface area contributed by atoms with Gasteiger partial charge in [-0.05, 0) is 31.7 Å². The molecule has 0 saturated carbocycles. The molecule has 1 aromatic carbocycles. The van der Waals surface area contributed by atoms with Crippen molar-refractivity contribution < 1.29 is 14.3 Å². The molecule has 0 radical (unpaired) electrons. The van der Waals surface area contributed by atoms with Crippen molar-refractivity contribution in [3.63, 3.8) is 0 Å². The molecule has 0 heterocycles. The van der Waals surface area contributed by atoms with Crippen molar-refractivity contribution in [3.05, 3.63) is 35.9 Å². The van der Waals surface area contributed by atoms with Crippen LogP contribution in [0.15, 0.2) is 30.3 Å². The van der Waals surface area contributed by atoms with Gasteiger partial charge in [-0.3, -0.25) is 0 Å². The molecule has 0 aromatic heterocycles. The third kappa shape index (κ3) is 8.92. The number of hydrogen-bond donors (Lipinski definition) is 1. The van der Waals surface area contributed by atoms with Gasteiger partial charge in [0.2, 0.25) is 0 Å². The first-order chi connectivity index (χ1) is 11.6. The number of ether oxygens (including phenoxy) is 2. The van der Waals surface area contributed by atoms with E-state index in [1.54, 1.807) is 0 Å². The highest BCUT2D eigenvalue weighted by Gasteiger charge is 2.22. The highest BCUT2D eigenvalue weighted by atomic mass is 16.5. The fourth-order valence-corrected chi connectivity index (χ4v) is 2.70. The zero-order valence-corrected chi connectivity index (χ0v) is 15.5. The van der Waals surface area contributed by atoms with Crippen molar-refractivity contribution in [3.8, 4) is 0 Å². The summed E-state index contributed by atoms with van der Waals surface area (Å²) in [5.74, 6) is 0. The van der Waals surface area contributed by atoms with Gasteiger partial charge < -0.3 is 14.8 Å².